The fraction of sp³-hybridized carbons (Fsp3) is 0.308. The molecule has 1 atom stereocenters. The Morgan fingerprint density at radius 3 is 2.53 bits per heavy atom. The summed E-state index contributed by atoms with van der Waals surface area (Å²) in [4.78, 5) is 11.6. The molecular formula is C13H15BrO3. The van der Waals surface area contributed by atoms with Crippen molar-refractivity contribution in [2.24, 2.45) is 0 Å². The van der Waals surface area contributed by atoms with E-state index in [-0.39, 0.29) is 11.1 Å². The minimum absolute atomic E-state index is 0.214. The van der Waals surface area contributed by atoms with E-state index in [4.69, 9.17) is 4.74 Å². The first-order valence-electron chi connectivity index (χ1n) is 5.14. The fourth-order valence-electron chi connectivity index (χ4n) is 1.13. The summed E-state index contributed by atoms with van der Waals surface area (Å²) < 4.78 is 5.03. The van der Waals surface area contributed by atoms with Crippen LogP contribution in [0, 0.1) is 0 Å². The predicted octanol–water partition coefficient (Wildman–Crippen LogP) is 2.42. The third-order valence-electron chi connectivity index (χ3n) is 2.33. The van der Waals surface area contributed by atoms with Crippen LogP contribution >= 0.6 is 15.9 Å². The summed E-state index contributed by atoms with van der Waals surface area (Å²) in [5.41, 5.74) is -0.479. The Morgan fingerprint density at radius 1 is 1.47 bits per heavy atom. The van der Waals surface area contributed by atoms with Crippen LogP contribution in [-0.2, 0) is 4.79 Å². The van der Waals surface area contributed by atoms with Crippen molar-refractivity contribution >= 4 is 27.8 Å². The van der Waals surface area contributed by atoms with E-state index in [0.717, 1.165) is 11.3 Å². The number of carbonyl (C=O) groups is 1. The van der Waals surface area contributed by atoms with Gasteiger partial charge in [0.25, 0.3) is 0 Å². The van der Waals surface area contributed by atoms with Gasteiger partial charge in [-0.1, -0.05) is 34.1 Å². The quantitative estimate of drug-likeness (QED) is 0.671. The molecule has 3 nitrogen and oxygen atoms in total. The molecule has 0 amide bonds. The molecule has 0 saturated carbocycles. The Balaban J connectivity index is 2.73. The maximum absolute atomic E-state index is 11.6. The molecule has 0 heterocycles. The zero-order chi connectivity index (χ0) is 12.9. The highest BCUT2D eigenvalue weighted by Crippen LogP contribution is 2.14. The lowest BCUT2D eigenvalue weighted by atomic mass is 10.0. The van der Waals surface area contributed by atoms with Crippen molar-refractivity contribution in [3.63, 3.8) is 0 Å². The van der Waals surface area contributed by atoms with Crippen LogP contribution in [0.4, 0.5) is 0 Å². The van der Waals surface area contributed by atoms with E-state index in [1.54, 1.807) is 13.2 Å². The number of halogens is 1. The number of carbonyl (C=O) groups excluding carboxylic acids is 1. The Labute approximate surface area is 109 Å². The zero-order valence-electron chi connectivity index (χ0n) is 9.81. The predicted molar refractivity (Wildman–Crippen MR) is 71.5 cm³/mol. The number of benzene rings is 1. The molecule has 1 unspecified atom stereocenters. The van der Waals surface area contributed by atoms with Gasteiger partial charge < -0.3 is 9.84 Å². The van der Waals surface area contributed by atoms with Crippen molar-refractivity contribution < 1.29 is 14.6 Å². The van der Waals surface area contributed by atoms with E-state index in [1.165, 1.54) is 13.0 Å². The Bertz CT molecular complexity index is 407. The maximum Gasteiger partial charge on any atom is 0.187 e. The Kier molecular flexibility index (Phi) is 4.90. The summed E-state index contributed by atoms with van der Waals surface area (Å²) in [5, 5.41) is 9.90. The number of rotatable bonds is 5. The van der Waals surface area contributed by atoms with Crippen LogP contribution in [0.5, 0.6) is 5.75 Å². The molecule has 0 spiro atoms. The van der Waals surface area contributed by atoms with Crippen LogP contribution in [0.1, 0.15) is 12.5 Å². The normalized spacial score (nSPS) is 14.6. The molecule has 1 N–H and O–H groups in total. The van der Waals surface area contributed by atoms with Crippen molar-refractivity contribution in [3.8, 4) is 5.75 Å². The van der Waals surface area contributed by atoms with Crippen LogP contribution in [0.15, 0.2) is 30.3 Å². The zero-order valence-corrected chi connectivity index (χ0v) is 11.4. The Morgan fingerprint density at radius 2 is 2.06 bits per heavy atom. The molecule has 0 radical (unpaired) electrons. The highest BCUT2D eigenvalue weighted by Gasteiger charge is 2.25. The molecule has 4 heteroatoms. The summed E-state index contributed by atoms with van der Waals surface area (Å²) in [5.74, 6) is 0.436. The van der Waals surface area contributed by atoms with Crippen molar-refractivity contribution in [1.29, 1.82) is 0 Å². The SMILES string of the molecule is COc1ccc(/C=C/C(=O)C(C)(O)CBr)cc1. The van der Waals surface area contributed by atoms with E-state index in [2.05, 4.69) is 15.9 Å². The van der Waals surface area contributed by atoms with E-state index in [1.807, 2.05) is 24.3 Å². The van der Waals surface area contributed by atoms with Crippen molar-refractivity contribution in [3.05, 3.63) is 35.9 Å². The van der Waals surface area contributed by atoms with Gasteiger partial charge in [-0.2, -0.15) is 0 Å². The topological polar surface area (TPSA) is 46.5 Å². The average Bonchev–Trinajstić information content (AvgIpc) is 2.36. The van der Waals surface area contributed by atoms with E-state index in [9.17, 15) is 9.90 Å². The molecule has 1 aromatic rings. The highest BCUT2D eigenvalue weighted by atomic mass is 79.9. The van der Waals surface area contributed by atoms with E-state index in [0.29, 0.717) is 0 Å². The molecule has 0 aliphatic heterocycles. The van der Waals surface area contributed by atoms with Gasteiger partial charge in [-0.05, 0) is 30.7 Å². The molecular weight excluding hydrogens is 284 g/mol. The third-order valence-corrected chi connectivity index (χ3v) is 3.43. The maximum atomic E-state index is 11.6. The summed E-state index contributed by atoms with van der Waals surface area (Å²) in [6.07, 6.45) is 3.04. The van der Waals surface area contributed by atoms with Crippen LogP contribution in [-0.4, -0.2) is 28.9 Å². The van der Waals surface area contributed by atoms with E-state index >= 15 is 0 Å². The molecule has 1 rings (SSSR count). The second-order valence-corrected chi connectivity index (χ2v) is 4.44. The van der Waals surface area contributed by atoms with Gasteiger partial charge >= 0.3 is 0 Å². The van der Waals surface area contributed by atoms with E-state index < -0.39 is 5.60 Å². The smallest absolute Gasteiger partial charge is 0.187 e. The number of hydrogen-bond acceptors (Lipinski definition) is 3. The Hall–Kier alpha value is -1.13. The van der Waals surface area contributed by atoms with Crippen LogP contribution < -0.4 is 4.74 Å². The molecule has 17 heavy (non-hydrogen) atoms. The first-order valence-corrected chi connectivity index (χ1v) is 6.26. The first kappa shape index (κ1) is 13.9. The summed E-state index contributed by atoms with van der Waals surface area (Å²) in [6.45, 7) is 1.47. The van der Waals surface area contributed by atoms with Gasteiger partial charge in [-0.15, -0.1) is 0 Å². The number of ether oxygens (including phenoxy) is 1. The number of alkyl halides is 1. The van der Waals surface area contributed by atoms with Crippen LogP contribution in [0.25, 0.3) is 6.08 Å². The van der Waals surface area contributed by atoms with Crippen LogP contribution in [0.2, 0.25) is 0 Å². The van der Waals surface area contributed by atoms with Crippen molar-refractivity contribution in [1.82, 2.24) is 0 Å². The third kappa shape index (κ3) is 3.98. The van der Waals surface area contributed by atoms with Gasteiger partial charge in [0.1, 0.15) is 11.4 Å². The van der Waals surface area contributed by atoms with Gasteiger partial charge in [0, 0.05) is 5.33 Å². The summed E-state index contributed by atoms with van der Waals surface area (Å²) >= 11 is 3.10. The molecule has 0 saturated heterocycles. The molecule has 0 aromatic heterocycles. The number of aliphatic hydroxyl groups is 1. The highest BCUT2D eigenvalue weighted by molar-refractivity contribution is 9.09. The number of hydrogen-bond donors (Lipinski definition) is 1. The van der Waals surface area contributed by atoms with Crippen LogP contribution in [0.3, 0.4) is 0 Å². The van der Waals surface area contributed by atoms with Gasteiger partial charge in [0.2, 0.25) is 0 Å². The van der Waals surface area contributed by atoms with Gasteiger partial charge in [0.05, 0.1) is 7.11 Å². The molecule has 0 aliphatic rings. The lowest BCUT2D eigenvalue weighted by Gasteiger charge is -2.15. The first-order chi connectivity index (χ1) is 7.99. The lowest BCUT2D eigenvalue weighted by molar-refractivity contribution is -0.128. The minimum Gasteiger partial charge on any atom is -0.497 e. The summed E-state index contributed by atoms with van der Waals surface area (Å²) in [6, 6.07) is 7.30. The largest absolute Gasteiger partial charge is 0.497 e. The molecule has 0 bridgehead atoms. The van der Waals surface area contributed by atoms with Crippen molar-refractivity contribution in [2.75, 3.05) is 12.4 Å². The fourth-order valence-corrected chi connectivity index (χ4v) is 1.41. The molecule has 0 fully saturated rings. The van der Waals surface area contributed by atoms with Crippen molar-refractivity contribution in [2.45, 2.75) is 12.5 Å². The summed E-state index contributed by atoms with van der Waals surface area (Å²) in [7, 11) is 1.60. The molecule has 1 aromatic carbocycles. The van der Waals surface area contributed by atoms with Gasteiger partial charge in [-0.25, -0.2) is 0 Å². The second-order valence-electron chi connectivity index (χ2n) is 3.88. The molecule has 0 aliphatic carbocycles. The standard InChI is InChI=1S/C13H15BrO3/c1-13(16,9-14)12(15)8-5-10-3-6-11(17-2)7-4-10/h3-8,16H,9H2,1-2H3/b8-5+. The number of ketones is 1. The second kappa shape index (κ2) is 5.98. The molecule has 92 valence electrons. The monoisotopic (exact) mass is 298 g/mol. The minimum atomic E-state index is -1.36. The lowest BCUT2D eigenvalue weighted by Crippen LogP contribution is -2.35. The average molecular weight is 299 g/mol. The number of methoxy groups -OCH3 is 1. The van der Waals surface area contributed by atoms with Gasteiger partial charge in [0.15, 0.2) is 5.78 Å². The van der Waals surface area contributed by atoms with Gasteiger partial charge in [-0.3, -0.25) is 4.79 Å².